The average molecular weight is 269 g/mol. The van der Waals surface area contributed by atoms with Crippen molar-refractivity contribution < 1.29 is 4.79 Å². The highest BCUT2D eigenvalue weighted by Crippen LogP contribution is 2.10. The van der Waals surface area contributed by atoms with Crippen LogP contribution in [0.4, 0.5) is 11.5 Å². The number of aryl methyl sites for hydroxylation is 2. The lowest BCUT2D eigenvalue weighted by Crippen LogP contribution is -2.23. The number of carbonyl (C=O) groups excluding carboxylic acids is 1. The zero-order valence-electron chi connectivity index (χ0n) is 11.3. The minimum atomic E-state index is -0.155. The van der Waals surface area contributed by atoms with Crippen molar-refractivity contribution in [1.82, 2.24) is 9.78 Å². The van der Waals surface area contributed by atoms with Gasteiger partial charge in [0.05, 0.1) is 23.9 Å². The number of hydrogen-bond donors (Lipinski definition) is 2. The number of rotatable bonds is 4. The molecule has 102 valence electrons. The molecule has 0 unspecified atom stereocenters. The molecule has 0 fully saturated rings. The second-order valence-electron chi connectivity index (χ2n) is 4.39. The molecule has 0 radical (unpaired) electrons. The number of aromatic nitrogens is 2. The average Bonchev–Trinajstić information content (AvgIpc) is 2.75. The molecular weight excluding hydrogens is 254 g/mol. The molecule has 0 aliphatic carbocycles. The Hall–Kier alpha value is -2.81. The number of nitrogens with one attached hydrogen (secondary N) is 2. The largest absolute Gasteiger partial charge is 0.376 e. The van der Waals surface area contributed by atoms with E-state index >= 15 is 0 Å². The maximum atomic E-state index is 11.8. The Labute approximate surface area is 117 Å². The van der Waals surface area contributed by atoms with Gasteiger partial charge >= 0.3 is 0 Å². The van der Waals surface area contributed by atoms with E-state index in [1.54, 1.807) is 42.1 Å². The zero-order valence-corrected chi connectivity index (χ0v) is 11.3. The molecule has 0 bridgehead atoms. The molecule has 2 aromatic rings. The molecule has 0 saturated carbocycles. The van der Waals surface area contributed by atoms with Gasteiger partial charge < -0.3 is 10.6 Å². The van der Waals surface area contributed by atoms with Crippen molar-refractivity contribution in [2.75, 3.05) is 17.2 Å². The van der Waals surface area contributed by atoms with E-state index in [9.17, 15) is 4.79 Å². The summed E-state index contributed by atoms with van der Waals surface area (Å²) >= 11 is 0. The number of anilines is 2. The van der Waals surface area contributed by atoms with Gasteiger partial charge in [-0.3, -0.25) is 9.48 Å². The number of carbonyl (C=O) groups is 1. The van der Waals surface area contributed by atoms with Crippen LogP contribution in [-0.4, -0.2) is 22.2 Å². The van der Waals surface area contributed by atoms with Gasteiger partial charge in [-0.15, -0.1) is 0 Å². The Morgan fingerprint density at radius 1 is 1.40 bits per heavy atom. The van der Waals surface area contributed by atoms with Crippen molar-refractivity contribution in [1.29, 1.82) is 5.26 Å². The van der Waals surface area contributed by atoms with Crippen molar-refractivity contribution in [3.05, 3.63) is 41.6 Å². The maximum absolute atomic E-state index is 11.8. The minimum absolute atomic E-state index is 0.149. The SMILES string of the molecule is Cc1cc(NC(=O)CNc2ccc(C#N)cc2)n(C)n1. The molecule has 1 aromatic heterocycles. The molecule has 0 spiro atoms. The van der Waals surface area contributed by atoms with Gasteiger partial charge in [-0.05, 0) is 31.2 Å². The van der Waals surface area contributed by atoms with Crippen LogP contribution < -0.4 is 10.6 Å². The lowest BCUT2D eigenvalue weighted by Gasteiger charge is -2.07. The van der Waals surface area contributed by atoms with Crippen molar-refractivity contribution in [2.45, 2.75) is 6.92 Å². The third kappa shape index (κ3) is 3.36. The molecule has 1 aromatic carbocycles. The number of amides is 1. The van der Waals surface area contributed by atoms with Crippen LogP contribution in [0.15, 0.2) is 30.3 Å². The van der Waals surface area contributed by atoms with Crippen LogP contribution in [0, 0.1) is 18.3 Å². The predicted molar refractivity (Wildman–Crippen MR) is 76.2 cm³/mol. The first-order valence-corrected chi connectivity index (χ1v) is 6.13. The second-order valence-corrected chi connectivity index (χ2v) is 4.39. The van der Waals surface area contributed by atoms with Gasteiger partial charge in [0, 0.05) is 18.8 Å². The van der Waals surface area contributed by atoms with E-state index in [1.807, 2.05) is 13.0 Å². The molecule has 0 aliphatic heterocycles. The van der Waals surface area contributed by atoms with Gasteiger partial charge in [-0.1, -0.05) is 0 Å². The van der Waals surface area contributed by atoms with Gasteiger partial charge in [0.2, 0.25) is 5.91 Å². The zero-order chi connectivity index (χ0) is 14.5. The summed E-state index contributed by atoms with van der Waals surface area (Å²) in [5.41, 5.74) is 2.23. The highest BCUT2D eigenvalue weighted by molar-refractivity contribution is 5.93. The summed E-state index contributed by atoms with van der Waals surface area (Å²) in [6.07, 6.45) is 0. The number of benzene rings is 1. The first kappa shape index (κ1) is 13.6. The third-order valence-electron chi connectivity index (χ3n) is 2.74. The van der Waals surface area contributed by atoms with E-state index < -0.39 is 0 Å². The molecule has 20 heavy (non-hydrogen) atoms. The Kier molecular flexibility index (Phi) is 4.01. The highest BCUT2D eigenvalue weighted by atomic mass is 16.2. The third-order valence-corrected chi connectivity index (χ3v) is 2.74. The highest BCUT2D eigenvalue weighted by Gasteiger charge is 2.06. The Balaban J connectivity index is 1.89. The first-order chi connectivity index (χ1) is 9.58. The Bertz CT molecular complexity index is 651. The van der Waals surface area contributed by atoms with Crippen molar-refractivity contribution >= 4 is 17.4 Å². The summed E-state index contributed by atoms with van der Waals surface area (Å²) in [5, 5.41) is 18.6. The van der Waals surface area contributed by atoms with Crippen LogP contribution in [0.25, 0.3) is 0 Å². The van der Waals surface area contributed by atoms with E-state index in [-0.39, 0.29) is 12.5 Å². The van der Waals surface area contributed by atoms with Crippen LogP contribution >= 0.6 is 0 Å². The molecule has 0 saturated heterocycles. The fourth-order valence-electron chi connectivity index (χ4n) is 1.76. The van der Waals surface area contributed by atoms with Gasteiger partial charge in [-0.25, -0.2) is 0 Å². The molecule has 2 rings (SSSR count). The van der Waals surface area contributed by atoms with Gasteiger partial charge in [0.1, 0.15) is 5.82 Å². The van der Waals surface area contributed by atoms with Gasteiger partial charge in [-0.2, -0.15) is 10.4 Å². The first-order valence-electron chi connectivity index (χ1n) is 6.13. The standard InChI is InChI=1S/C14H15N5O/c1-10-7-13(19(2)18-10)17-14(20)9-16-12-5-3-11(8-15)4-6-12/h3-7,16H,9H2,1-2H3,(H,17,20). The normalized spacial score (nSPS) is 9.85. The minimum Gasteiger partial charge on any atom is -0.376 e. The van der Waals surface area contributed by atoms with Crippen molar-refractivity contribution in [3.8, 4) is 6.07 Å². The van der Waals surface area contributed by atoms with Crippen molar-refractivity contribution in [2.24, 2.45) is 7.05 Å². The quantitative estimate of drug-likeness (QED) is 0.884. The number of nitriles is 1. The molecule has 2 N–H and O–H groups in total. The summed E-state index contributed by atoms with van der Waals surface area (Å²) < 4.78 is 1.62. The summed E-state index contributed by atoms with van der Waals surface area (Å²) in [6.45, 7) is 2.01. The Morgan fingerprint density at radius 2 is 2.10 bits per heavy atom. The molecule has 1 amide bonds. The van der Waals surface area contributed by atoms with Crippen LogP contribution in [-0.2, 0) is 11.8 Å². The monoisotopic (exact) mass is 269 g/mol. The predicted octanol–water partition coefficient (Wildman–Crippen LogP) is 1.65. The van der Waals surface area contributed by atoms with Crippen LogP contribution in [0.2, 0.25) is 0 Å². The molecule has 6 heteroatoms. The van der Waals surface area contributed by atoms with Gasteiger partial charge in [0.25, 0.3) is 0 Å². The molecular formula is C14H15N5O. The van der Waals surface area contributed by atoms with Crippen molar-refractivity contribution in [3.63, 3.8) is 0 Å². The van der Waals surface area contributed by atoms with E-state index in [1.165, 1.54) is 0 Å². The smallest absolute Gasteiger partial charge is 0.244 e. The molecule has 0 aliphatic rings. The van der Waals surface area contributed by atoms with E-state index in [0.29, 0.717) is 11.4 Å². The van der Waals surface area contributed by atoms with Crippen LogP contribution in [0.5, 0.6) is 0 Å². The lowest BCUT2D eigenvalue weighted by molar-refractivity contribution is -0.114. The topological polar surface area (TPSA) is 82.7 Å². The Morgan fingerprint density at radius 3 is 2.65 bits per heavy atom. The summed E-state index contributed by atoms with van der Waals surface area (Å²) in [7, 11) is 1.77. The van der Waals surface area contributed by atoms with Crippen LogP contribution in [0.1, 0.15) is 11.3 Å². The molecule has 1 heterocycles. The second kappa shape index (κ2) is 5.89. The lowest BCUT2D eigenvalue weighted by atomic mass is 10.2. The van der Waals surface area contributed by atoms with E-state index in [4.69, 9.17) is 5.26 Å². The van der Waals surface area contributed by atoms with Gasteiger partial charge in [0.15, 0.2) is 0 Å². The maximum Gasteiger partial charge on any atom is 0.244 e. The summed E-state index contributed by atoms with van der Waals surface area (Å²) in [6, 6.07) is 10.8. The number of nitrogens with zero attached hydrogens (tertiary/aromatic N) is 3. The van der Waals surface area contributed by atoms with Crippen LogP contribution in [0.3, 0.4) is 0 Å². The molecule has 0 atom stereocenters. The van der Waals surface area contributed by atoms with E-state index in [0.717, 1.165) is 11.4 Å². The fraction of sp³-hybridized carbons (Fsp3) is 0.214. The number of hydrogen-bond acceptors (Lipinski definition) is 4. The fourth-order valence-corrected chi connectivity index (χ4v) is 1.76. The summed E-state index contributed by atoms with van der Waals surface area (Å²) in [5.74, 6) is 0.506. The van der Waals surface area contributed by atoms with E-state index in [2.05, 4.69) is 15.7 Å². The molecule has 6 nitrogen and oxygen atoms in total. The summed E-state index contributed by atoms with van der Waals surface area (Å²) in [4.78, 5) is 11.8.